The van der Waals surface area contributed by atoms with Crippen molar-refractivity contribution in [3.8, 4) is 5.75 Å². The Kier molecular flexibility index (Phi) is 5.20. The molecule has 2 aliphatic rings. The van der Waals surface area contributed by atoms with Crippen LogP contribution >= 0.6 is 0 Å². The van der Waals surface area contributed by atoms with Crippen molar-refractivity contribution in [1.82, 2.24) is 5.32 Å². The van der Waals surface area contributed by atoms with Gasteiger partial charge in [-0.05, 0) is 38.1 Å². The predicted octanol–water partition coefficient (Wildman–Crippen LogP) is 4.31. The standard InChI is InChI=1S/C24H29F2N3O2/c1-23(2,3)22(30)21-24(9-11-28-12-10-24)18-14(25)13-15(26)20(31-4)19(18)29(21)17-8-6-5-7-16(17)27/h5-8,13,21,28H,9-12,27H2,1-4H3. The molecule has 5 nitrogen and oxygen atoms in total. The highest BCUT2D eigenvalue weighted by molar-refractivity contribution is 6.00. The lowest BCUT2D eigenvalue weighted by molar-refractivity contribution is -0.129. The number of hydrogen-bond donors (Lipinski definition) is 2. The minimum absolute atomic E-state index is 0.0456. The Bertz CT molecular complexity index is 1030. The van der Waals surface area contributed by atoms with Gasteiger partial charge < -0.3 is 20.7 Å². The summed E-state index contributed by atoms with van der Waals surface area (Å²) >= 11 is 0. The molecule has 0 aromatic heterocycles. The maximum absolute atomic E-state index is 15.5. The van der Waals surface area contributed by atoms with Crippen molar-refractivity contribution in [2.45, 2.75) is 45.1 Å². The van der Waals surface area contributed by atoms with Crippen LogP contribution in [-0.2, 0) is 10.2 Å². The van der Waals surface area contributed by atoms with Crippen LogP contribution < -0.4 is 20.7 Å². The molecule has 2 aromatic rings. The lowest BCUT2D eigenvalue weighted by Crippen LogP contribution is -2.56. The summed E-state index contributed by atoms with van der Waals surface area (Å²) in [6, 6.07) is 7.24. The van der Waals surface area contributed by atoms with Gasteiger partial charge in [0.15, 0.2) is 17.3 Å². The van der Waals surface area contributed by atoms with Gasteiger partial charge >= 0.3 is 0 Å². The van der Waals surface area contributed by atoms with Crippen molar-refractivity contribution < 1.29 is 18.3 Å². The van der Waals surface area contributed by atoms with Crippen LogP contribution in [0.3, 0.4) is 0 Å². The van der Waals surface area contributed by atoms with Gasteiger partial charge in [-0.2, -0.15) is 0 Å². The zero-order valence-electron chi connectivity index (χ0n) is 18.4. The number of piperidine rings is 1. The molecule has 0 saturated carbocycles. The zero-order valence-corrected chi connectivity index (χ0v) is 18.4. The Morgan fingerprint density at radius 3 is 2.42 bits per heavy atom. The van der Waals surface area contributed by atoms with Crippen LogP contribution in [0, 0.1) is 17.0 Å². The van der Waals surface area contributed by atoms with E-state index in [1.165, 1.54) is 7.11 Å². The van der Waals surface area contributed by atoms with Gasteiger partial charge in [0.1, 0.15) is 11.9 Å². The molecular formula is C24H29F2N3O2. The Hall–Kier alpha value is -2.67. The highest BCUT2D eigenvalue weighted by Crippen LogP contribution is 2.59. The second-order valence-corrected chi connectivity index (χ2v) is 9.45. The number of halogens is 2. The lowest BCUT2D eigenvalue weighted by Gasteiger charge is -2.43. The third-order valence-electron chi connectivity index (χ3n) is 6.57. The molecule has 2 heterocycles. The smallest absolute Gasteiger partial charge is 0.178 e. The molecule has 4 rings (SSSR count). The van der Waals surface area contributed by atoms with E-state index < -0.39 is 28.5 Å². The Morgan fingerprint density at radius 1 is 1.19 bits per heavy atom. The summed E-state index contributed by atoms with van der Waals surface area (Å²) in [5.41, 5.74) is 6.39. The highest BCUT2D eigenvalue weighted by Gasteiger charge is 2.59. The largest absolute Gasteiger partial charge is 0.492 e. The number of hydrogen-bond acceptors (Lipinski definition) is 5. The first-order valence-electron chi connectivity index (χ1n) is 10.6. The molecule has 31 heavy (non-hydrogen) atoms. The van der Waals surface area contributed by atoms with E-state index in [1.807, 2.05) is 20.8 Å². The number of nitrogens with one attached hydrogen (secondary N) is 1. The third-order valence-corrected chi connectivity index (χ3v) is 6.57. The predicted molar refractivity (Wildman–Crippen MR) is 118 cm³/mol. The summed E-state index contributed by atoms with van der Waals surface area (Å²) in [6.45, 7) is 6.82. The molecule has 1 fully saturated rings. The maximum atomic E-state index is 15.5. The quantitative estimate of drug-likeness (QED) is 0.712. The van der Waals surface area contributed by atoms with Gasteiger partial charge in [0, 0.05) is 22.5 Å². The van der Waals surface area contributed by atoms with Crippen LogP contribution in [0.5, 0.6) is 5.75 Å². The molecule has 1 atom stereocenters. The molecule has 0 bridgehead atoms. The first-order chi connectivity index (χ1) is 14.6. The summed E-state index contributed by atoms with van der Waals surface area (Å²) < 4.78 is 35.9. The van der Waals surface area contributed by atoms with E-state index in [2.05, 4.69) is 5.32 Å². The van der Waals surface area contributed by atoms with E-state index in [-0.39, 0.29) is 17.2 Å². The number of para-hydroxylation sites is 2. The minimum atomic E-state index is -0.821. The summed E-state index contributed by atoms with van der Waals surface area (Å²) in [5, 5.41) is 3.31. The molecule has 1 spiro atoms. The SMILES string of the molecule is COc1c(F)cc(F)c2c1N(c1ccccc1N)C(C(=O)C(C)(C)C)C21CCNCC1. The van der Waals surface area contributed by atoms with Crippen molar-refractivity contribution in [2.75, 3.05) is 30.8 Å². The number of nitrogens with zero attached hydrogens (tertiary/aromatic N) is 1. The fourth-order valence-electron chi connectivity index (χ4n) is 5.14. The van der Waals surface area contributed by atoms with Crippen LogP contribution in [0.2, 0.25) is 0 Å². The van der Waals surface area contributed by atoms with Crippen LogP contribution in [0.15, 0.2) is 30.3 Å². The minimum Gasteiger partial charge on any atom is -0.492 e. The molecule has 0 aliphatic carbocycles. The number of carbonyl (C=O) groups excluding carboxylic acids is 1. The molecule has 2 aliphatic heterocycles. The molecule has 1 unspecified atom stereocenters. The molecule has 3 N–H and O–H groups in total. The fourth-order valence-corrected chi connectivity index (χ4v) is 5.14. The van der Waals surface area contributed by atoms with Gasteiger partial charge in [-0.1, -0.05) is 32.9 Å². The molecular weight excluding hydrogens is 400 g/mol. The zero-order chi connectivity index (χ0) is 22.6. The lowest BCUT2D eigenvalue weighted by atomic mass is 9.65. The number of fused-ring (bicyclic) bond motifs is 2. The van der Waals surface area contributed by atoms with Crippen molar-refractivity contribution in [3.05, 3.63) is 47.5 Å². The van der Waals surface area contributed by atoms with Crippen molar-refractivity contribution in [1.29, 1.82) is 0 Å². The maximum Gasteiger partial charge on any atom is 0.178 e. The number of methoxy groups -OCH3 is 1. The van der Waals surface area contributed by atoms with E-state index in [0.29, 0.717) is 42.9 Å². The van der Waals surface area contributed by atoms with Crippen molar-refractivity contribution in [2.24, 2.45) is 5.41 Å². The molecule has 0 radical (unpaired) electrons. The number of ketones is 1. The first kappa shape index (κ1) is 21.6. The topological polar surface area (TPSA) is 67.6 Å². The first-order valence-corrected chi connectivity index (χ1v) is 10.6. The van der Waals surface area contributed by atoms with E-state index in [4.69, 9.17) is 10.5 Å². The van der Waals surface area contributed by atoms with Gasteiger partial charge in [0.05, 0.1) is 24.2 Å². The summed E-state index contributed by atoms with van der Waals surface area (Å²) in [7, 11) is 1.36. The molecule has 1 saturated heterocycles. The van der Waals surface area contributed by atoms with E-state index in [1.54, 1.807) is 29.2 Å². The average Bonchev–Trinajstić information content (AvgIpc) is 2.98. The number of carbonyl (C=O) groups is 1. The van der Waals surface area contributed by atoms with Gasteiger partial charge in [-0.15, -0.1) is 0 Å². The van der Waals surface area contributed by atoms with Gasteiger partial charge in [0.2, 0.25) is 0 Å². The summed E-state index contributed by atoms with van der Waals surface area (Å²) in [6.07, 6.45) is 1.09. The second kappa shape index (κ2) is 7.48. The number of benzene rings is 2. The number of Topliss-reactive ketones (excluding diaryl/α,β-unsaturated/α-hetero) is 1. The normalized spacial score (nSPS) is 20.1. The van der Waals surface area contributed by atoms with Crippen LogP contribution in [0.1, 0.15) is 39.2 Å². The Labute approximate surface area is 181 Å². The second-order valence-electron chi connectivity index (χ2n) is 9.45. The summed E-state index contributed by atoms with van der Waals surface area (Å²) in [4.78, 5) is 15.7. The molecule has 166 valence electrons. The number of rotatable bonds is 3. The van der Waals surface area contributed by atoms with E-state index in [0.717, 1.165) is 6.07 Å². The number of nitrogen functional groups attached to an aromatic ring is 1. The monoisotopic (exact) mass is 429 g/mol. The van der Waals surface area contributed by atoms with Gasteiger partial charge in [-0.3, -0.25) is 4.79 Å². The van der Waals surface area contributed by atoms with Gasteiger partial charge in [-0.25, -0.2) is 8.78 Å². The fraction of sp³-hybridized carbons (Fsp3) is 0.458. The van der Waals surface area contributed by atoms with Gasteiger partial charge in [0.25, 0.3) is 0 Å². The van der Waals surface area contributed by atoms with Crippen molar-refractivity contribution in [3.63, 3.8) is 0 Å². The molecule has 0 amide bonds. The Balaban J connectivity index is 2.12. The molecule has 7 heteroatoms. The van der Waals surface area contributed by atoms with Crippen LogP contribution in [0.25, 0.3) is 0 Å². The number of ether oxygens (including phenoxy) is 1. The third kappa shape index (κ3) is 3.17. The molecule has 2 aromatic carbocycles. The van der Waals surface area contributed by atoms with E-state index >= 15 is 4.39 Å². The number of anilines is 3. The Morgan fingerprint density at radius 2 is 1.84 bits per heavy atom. The van der Waals surface area contributed by atoms with Crippen LogP contribution in [0.4, 0.5) is 25.8 Å². The number of nitrogens with two attached hydrogens (primary N) is 1. The van der Waals surface area contributed by atoms with Crippen molar-refractivity contribution >= 4 is 22.8 Å². The highest BCUT2D eigenvalue weighted by atomic mass is 19.1. The van der Waals surface area contributed by atoms with Crippen LogP contribution in [-0.4, -0.2) is 32.0 Å². The summed E-state index contributed by atoms with van der Waals surface area (Å²) in [5.74, 6) is -1.57. The average molecular weight is 430 g/mol. The van der Waals surface area contributed by atoms with E-state index in [9.17, 15) is 9.18 Å².